The average molecular weight is 316 g/mol. The average Bonchev–Trinajstić information content (AvgIpc) is 2.53. The summed E-state index contributed by atoms with van der Waals surface area (Å²) in [5.74, 6) is -3.37. The van der Waals surface area contributed by atoms with Crippen LogP contribution in [0.15, 0.2) is 48.5 Å². The zero-order chi connectivity index (χ0) is 16.8. The molecule has 118 valence electrons. The number of benzene rings is 2. The fraction of sp³-hybridized carbons (Fsp3) is 0.0625. The quantitative estimate of drug-likeness (QED) is 0.391. The second-order valence-electron chi connectivity index (χ2n) is 4.35. The number of carboxylic acid groups (broad SMARTS) is 1. The largest absolute Gasteiger partial charge is 0.478 e. The van der Waals surface area contributed by atoms with Crippen molar-refractivity contribution in [3.8, 4) is 11.5 Å². The van der Waals surface area contributed by atoms with Gasteiger partial charge in [0.1, 0.15) is 5.56 Å². The minimum absolute atomic E-state index is 0.168. The molecule has 0 saturated carbocycles. The molecule has 0 amide bonds. The second kappa shape index (κ2) is 7.08. The highest BCUT2D eigenvalue weighted by molar-refractivity contribution is 5.93. The van der Waals surface area contributed by atoms with Crippen molar-refractivity contribution >= 4 is 17.9 Å². The Kier molecular flexibility index (Phi) is 4.93. The predicted octanol–water partition coefficient (Wildman–Crippen LogP) is 2.46. The van der Waals surface area contributed by atoms with Crippen LogP contribution in [0.1, 0.15) is 27.6 Å². The first-order valence-corrected chi connectivity index (χ1v) is 6.47. The van der Waals surface area contributed by atoms with Gasteiger partial charge in [-0.1, -0.05) is 24.3 Å². The predicted molar refractivity (Wildman–Crippen MR) is 77.2 cm³/mol. The summed E-state index contributed by atoms with van der Waals surface area (Å²) in [5, 5.41) is 9.15. The number of esters is 1. The van der Waals surface area contributed by atoms with E-state index in [9.17, 15) is 14.4 Å². The van der Waals surface area contributed by atoms with Crippen LogP contribution in [0.4, 0.5) is 0 Å². The van der Waals surface area contributed by atoms with Crippen molar-refractivity contribution in [1.29, 1.82) is 0 Å². The molecule has 0 aliphatic rings. The molecule has 0 radical (unpaired) electrons. The lowest BCUT2D eigenvalue weighted by atomic mass is 10.2. The third-order valence-electron chi connectivity index (χ3n) is 2.67. The van der Waals surface area contributed by atoms with E-state index in [4.69, 9.17) is 14.7 Å². The lowest BCUT2D eigenvalue weighted by Gasteiger charge is -2.11. The minimum atomic E-state index is -1.33. The van der Waals surface area contributed by atoms with Crippen LogP contribution >= 0.6 is 0 Å². The van der Waals surface area contributed by atoms with Gasteiger partial charge in [-0.05, 0) is 24.3 Å². The number of para-hydroxylation sites is 1. The van der Waals surface area contributed by atoms with E-state index in [1.807, 2.05) is 0 Å². The van der Waals surface area contributed by atoms with Gasteiger partial charge in [0.25, 0.3) is 0 Å². The zero-order valence-electron chi connectivity index (χ0n) is 12.0. The highest BCUT2D eigenvalue weighted by Crippen LogP contribution is 2.32. The van der Waals surface area contributed by atoms with Crippen molar-refractivity contribution in [3.05, 3.63) is 59.7 Å². The van der Waals surface area contributed by atoms with E-state index >= 15 is 0 Å². The molecule has 0 aliphatic heterocycles. The van der Waals surface area contributed by atoms with Crippen LogP contribution in [-0.2, 0) is 9.68 Å². The van der Waals surface area contributed by atoms with Gasteiger partial charge in [-0.3, -0.25) is 9.68 Å². The number of hydrogen-bond donors (Lipinski definition) is 1. The van der Waals surface area contributed by atoms with Crippen LogP contribution in [-0.4, -0.2) is 23.0 Å². The van der Waals surface area contributed by atoms with Crippen LogP contribution in [0.25, 0.3) is 0 Å². The number of rotatable bonds is 5. The van der Waals surface area contributed by atoms with Crippen molar-refractivity contribution < 1.29 is 34.0 Å². The normalized spacial score (nSPS) is 9.78. The molecule has 7 nitrogen and oxygen atoms in total. The van der Waals surface area contributed by atoms with Gasteiger partial charge >= 0.3 is 17.9 Å². The van der Waals surface area contributed by atoms with Gasteiger partial charge in [-0.25, -0.2) is 14.5 Å². The Morgan fingerprint density at radius 2 is 1.65 bits per heavy atom. The maximum atomic E-state index is 11.8. The molecule has 2 aromatic carbocycles. The molecule has 0 unspecified atom stereocenters. The summed E-state index contributed by atoms with van der Waals surface area (Å²) in [4.78, 5) is 43.6. The lowest BCUT2D eigenvalue weighted by Crippen LogP contribution is -2.12. The standard InChI is InChI=1S/C16H12O7/c1-10(17)21-13-9-5-8-12(15(18)19)14(13)22-23-16(20)11-6-3-2-4-7-11/h2-9H,1H3,(H,18,19). The van der Waals surface area contributed by atoms with E-state index in [0.29, 0.717) is 0 Å². The third-order valence-corrected chi connectivity index (χ3v) is 2.67. The van der Waals surface area contributed by atoms with E-state index in [2.05, 4.69) is 4.89 Å². The maximum Gasteiger partial charge on any atom is 0.386 e. The zero-order valence-corrected chi connectivity index (χ0v) is 12.0. The summed E-state index contributed by atoms with van der Waals surface area (Å²) in [6, 6.07) is 11.9. The monoisotopic (exact) mass is 316 g/mol. The molecule has 0 heterocycles. The Bertz CT molecular complexity index is 737. The molecule has 1 N–H and O–H groups in total. The number of carbonyl (C=O) groups excluding carboxylic acids is 2. The topological polar surface area (TPSA) is 99.1 Å². The summed E-state index contributed by atoms with van der Waals surface area (Å²) in [5.41, 5.74) is -0.0982. The molecule has 0 atom stereocenters. The van der Waals surface area contributed by atoms with Crippen LogP contribution in [0.5, 0.6) is 11.5 Å². The summed E-state index contributed by atoms with van der Waals surface area (Å²) in [6.45, 7) is 1.15. The van der Waals surface area contributed by atoms with Gasteiger partial charge in [0.05, 0.1) is 5.56 Å². The van der Waals surface area contributed by atoms with E-state index in [0.717, 1.165) is 6.92 Å². The van der Waals surface area contributed by atoms with Gasteiger partial charge in [0.2, 0.25) is 5.75 Å². The first-order valence-electron chi connectivity index (χ1n) is 6.47. The van der Waals surface area contributed by atoms with Crippen molar-refractivity contribution in [3.63, 3.8) is 0 Å². The smallest absolute Gasteiger partial charge is 0.386 e. The first kappa shape index (κ1) is 16.0. The van der Waals surface area contributed by atoms with Crippen LogP contribution in [0.2, 0.25) is 0 Å². The summed E-state index contributed by atoms with van der Waals surface area (Å²) < 4.78 is 4.86. The summed E-state index contributed by atoms with van der Waals surface area (Å²) in [6.07, 6.45) is 0. The number of hydrogen-bond acceptors (Lipinski definition) is 6. The maximum absolute atomic E-state index is 11.8. The van der Waals surface area contributed by atoms with Crippen molar-refractivity contribution in [2.24, 2.45) is 0 Å². The highest BCUT2D eigenvalue weighted by Gasteiger charge is 2.21. The molecule has 0 fully saturated rings. The molecule has 0 saturated heterocycles. The van der Waals surface area contributed by atoms with E-state index in [1.165, 1.54) is 30.3 Å². The van der Waals surface area contributed by atoms with Gasteiger partial charge in [-0.15, -0.1) is 0 Å². The summed E-state index contributed by atoms with van der Waals surface area (Å²) >= 11 is 0. The van der Waals surface area contributed by atoms with Gasteiger partial charge in [0.15, 0.2) is 5.75 Å². The Hall–Kier alpha value is -3.35. The molecule has 0 aromatic heterocycles. The third kappa shape index (κ3) is 4.07. The molecule has 2 aromatic rings. The van der Waals surface area contributed by atoms with Gasteiger partial charge < -0.3 is 9.84 Å². The Morgan fingerprint density at radius 3 is 2.26 bits per heavy atom. The SMILES string of the molecule is CC(=O)Oc1cccc(C(=O)O)c1OOC(=O)c1ccccc1. The number of aromatic carboxylic acids is 1. The molecule has 2 rings (SSSR count). The Balaban J connectivity index is 2.25. The van der Waals surface area contributed by atoms with Crippen LogP contribution in [0.3, 0.4) is 0 Å². The molecule has 7 heteroatoms. The van der Waals surface area contributed by atoms with E-state index < -0.39 is 17.9 Å². The Morgan fingerprint density at radius 1 is 0.957 bits per heavy atom. The van der Waals surface area contributed by atoms with Gasteiger partial charge in [0, 0.05) is 6.92 Å². The molecule has 0 bridgehead atoms. The van der Waals surface area contributed by atoms with Gasteiger partial charge in [-0.2, -0.15) is 0 Å². The van der Waals surface area contributed by atoms with E-state index in [-0.39, 0.29) is 22.6 Å². The number of carboxylic acids is 1. The Labute approximate surface area is 130 Å². The first-order chi connectivity index (χ1) is 11.0. The lowest BCUT2D eigenvalue weighted by molar-refractivity contribution is -0.152. The molecular formula is C16H12O7. The highest BCUT2D eigenvalue weighted by atomic mass is 17.2. The van der Waals surface area contributed by atoms with Crippen molar-refractivity contribution in [2.75, 3.05) is 0 Å². The number of carbonyl (C=O) groups is 3. The van der Waals surface area contributed by atoms with Crippen LogP contribution < -0.4 is 9.62 Å². The molecule has 23 heavy (non-hydrogen) atoms. The summed E-state index contributed by atoms with van der Waals surface area (Å²) in [7, 11) is 0. The fourth-order valence-corrected chi connectivity index (χ4v) is 1.71. The minimum Gasteiger partial charge on any atom is -0.478 e. The second-order valence-corrected chi connectivity index (χ2v) is 4.35. The van der Waals surface area contributed by atoms with E-state index in [1.54, 1.807) is 18.2 Å². The van der Waals surface area contributed by atoms with Crippen molar-refractivity contribution in [2.45, 2.75) is 6.92 Å². The van der Waals surface area contributed by atoms with Crippen LogP contribution in [0, 0.1) is 0 Å². The van der Waals surface area contributed by atoms with Crippen molar-refractivity contribution in [1.82, 2.24) is 0 Å². The molecule has 0 spiro atoms. The molecular weight excluding hydrogens is 304 g/mol. The fourth-order valence-electron chi connectivity index (χ4n) is 1.71. The molecule has 0 aliphatic carbocycles. The number of ether oxygens (including phenoxy) is 1.